The van der Waals surface area contributed by atoms with E-state index >= 15 is 0 Å². The van der Waals surface area contributed by atoms with Crippen molar-refractivity contribution in [3.63, 3.8) is 0 Å². The number of carbonyl (C=O) groups excluding carboxylic acids is 3. The van der Waals surface area contributed by atoms with Crippen molar-refractivity contribution in [3.05, 3.63) is 88.3 Å². The van der Waals surface area contributed by atoms with Crippen LogP contribution >= 0.6 is 0 Å². The molecule has 0 saturated carbocycles. The molecule has 1 spiro atoms. The van der Waals surface area contributed by atoms with Crippen LogP contribution in [0.2, 0.25) is 0 Å². The standard InChI is InChI=1S/C31H33F2N5O3/c1-3-31(4-2)29(41)38(25(16-35-31)19-10-21(32)13-22(33)11-19)17-26(39)36-23-8-7-18-14-30(15-20(18)12-23)24-6-5-9-34-27(24)37-28(30)40/h5-8,10-13,25,34-35H,3-4,9,14-17H2,1-2H3,(H,36,39)(H,37,40). The number of nitrogens with one attached hydrogen (secondary N) is 4. The summed E-state index contributed by atoms with van der Waals surface area (Å²) in [6.07, 6.45) is 6.12. The summed E-state index contributed by atoms with van der Waals surface area (Å²) < 4.78 is 28.2. The summed E-state index contributed by atoms with van der Waals surface area (Å²) >= 11 is 0. The van der Waals surface area contributed by atoms with Crippen LogP contribution in [0.25, 0.3) is 0 Å². The molecule has 3 amide bonds. The molecule has 0 radical (unpaired) electrons. The molecular formula is C31H33F2N5O3. The van der Waals surface area contributed by atoms with E-state index in [1.165, 1.54) is 17.0 Å². The molecule has 4 N–H and O–H groups in total. The summed E-state index contributed by atoms with van der Waals surface area (Å²) in [6, 6.07) is 8.08. The third kappa shape index (κ3) is 4.50. The summed E-state index contributed by atoms with van der Waals surface area (Å²) in [5.74, 6) is -1.44. The van der Waals surface area contributed by atoms with Gasteiger partial charge in [-0.25, -0.2) is 8.78 Å². The first-order valence-corrected chi connectivity index (χ1v) is 14.1. The molecule has 3 heterocycles. The molecule has 6 rings (SSSR count). The molecule has 2 aromatic carbocycles. The Hall–Kier alpha value is -4.05. The summed E-state index contributed by atoms with van der Waals surface area (Å²) in [6.45, 7) is 4.44. The maximum Gasteiger partial charge on any atom is 0.244 e. The van der Waals surface area contributed by atoms with Gasteiger partial charge in [0, 0.05) is 30.4 Å². The second kappa shape index (κ2) is 10.1. The van der Waals surface area contributed by atoms with Crippen LogP contribution < -0.4 is 21.3 Å². The van der Waals surface area contributed by atoms with Crippen molar-refractivity contribution >= 4 is 23.4 Å². The first-order chi connectivity index (χ1) is 19.7. The number of rotatable bonds is 6. The Morgan fingerprint density at radius 2 is 1.78 bits per heavy atom. The van der Waals surface area contributed by atoms with Crippen LogP contribution in [0, 0.1) is 17.0 Å². The van der Waals surface area contributed by atoms with E-state index in [2.05, 4.69) is 21.3 Å². The van der Waals surface area contributed by atoms with Crippen molar-refractivity contribution in [3.8, 4) is 0 Å². The smallest absolute Gasteiger partial charge is 0.244 e. The van der Waals surface area contributed by atoms with Gasteiger partial charge in [-0.15, -0.1) is 0 Å². The van der Waals surface area contributed by atoms with Gasteiger partial charge in [-0.1, -0.05) is 32.1 Å². The van der Waals surface area contributed by atoms with Crippen LogP contribution in [-0.4, -0.2) is 47.8 Å². The van der Waals surface area contributed by atoms with Gasteiger partial charge < -0.3 is 26.2 Å². The molecule has 2 unspecified atom stereocenters. The number of nitrogens with zero attached hydrogens (tertiary/aromatic N) is 1. The number of dihydropyridines is 1. The molecule has 3 aliphatic heterocycles. The molecule has 0 bridgehead atoms. The number of amides is 3. The fourth-order valence-corrected chi connectivity index (χ4v) is 6.79. The second-order valence-electron chi connectivity index (χ2n) is 11.3. The molecule has 0 aromatic heterocycles. The quantitative estimate of drug-likeness (QED) is 0.434. The fourth-order valence-electron chi connectivity index (χ4n) is 6.79. The molecule has 8 nitrogen and oxygen atoms in total. The van der Waals surface area contributed by atoms with Gasteiger partial charge in [-0.2, -0.15) is 0 Å². The number of hydrogen-bond acceptors (Lipinski definition) is 5. The number of fused-ring (bicyclic) bond motifs is 2. The zero-order valence-corrected chi connectivity index (χ0v) is 23.1. The number of anilines is 1. The Labute approximate surface area is 237 Å². The third-order valence-electron chi connectivity index (χ3n) is 9.08. The maximum absolute atomic E-state index is 14.1. The molecule has 41 heavy (non-hydrogen) atoms. The summed E-state index contributed by atoms with van der Waals surface area (Å²) in [5, 5.41) is 12.4. The third-order valence-corrected chi connectivity index (χ3v) is 9.08. The van der Waals surface area contributed by atoms with Gasteiger partial charge in [-0.05, 0) is 66.6 Å². The zero-order chi connectivity index (χ0) is 28.9. The Bertz CT molecular complexity index is 1490. The van der Waals surface area contributed by atoms with Crippen LogP contribution in [0.4, 0.5) is 14.5 Å². The van der Waals surface area contributed by atoms with E-state index in [1.807, 2.05) is 38.1 Å². The molecule has 1 saturated heterocycles. The Morgan fingerprint density at radius 1 is 1.05 bits per heavy atom. The van der Waals surface area contributed by atoms with E-state index in [0.29, 0.717) is 37.9 Å². The van der Waals surface area contributed by atoms with Gasteiger partial charge in [0.05, 0.1) is 17.0 Å². The monoisotopic (exact) mass is 561 g/mol. The van der Waals surface area contributed by atoms with E-state index in [1.54, 1.807) is 6.07 Å². The van der Waals surface area contributed by atoms with Gasteiger partial charge in [0.1, 0.15) is 24.0 Å². The van der Waals surface area contributed by atoms with E-state index in [0.717, 1.165) is 28.6 Å². The molecule has 214 valence electrons. The highest BCUT2D eigenvalue weighted by Crippen LogP contribution is 2.48. The fraction of sp³-hybridized carbons (Fsp3) is 0.387. The molecule has 4 aliphatic rings. The molecule has 10 heteroatoms. The SMILES string of the molecule is CCC1(CC)NCC(c2cc(F)cc(F)c2)N(CC(=O)Nc2ccc3c(c2)CC2(C3)C(=O)NC3=C2C=CCN3)C1=O. The van der Waals surface area contributed by atoms with Gasteiger partial charge >= 0.3 is 0 Å². The first-order valence-electron chi connectivity index (χ1n) is 14.1. The van der Waals surface area contributed by atoms with Crippen molar-refractivity contribution < 1.29 is 23.2 Å². The van der Waals surface area contributed by atoms with E-state index < -0.39 is 34.5 Å². The van der Waals surface area contributed by atoms with Crippen LogP contribution in [0.5, 0.6) is 0 Å². The van der Waals surface area contributed by atoms with Crippen molar-refractivity contribution in [2.75, 3.05) is 25.0 Å². The average molecular weight is 562 g/mol. The van der Waals surface area contributed by atoms with Gasteiger partial charge in [0.15, 0.2) is 0 Å². The first kappa shape index (κ1) is 27.1. The number of carbonyl (C=O) groups is 3. The average Bonchev–Trinajstić information content (AvgIpc) is 3.46. The van der Waals surface area contributed by atoms with Crippen molar-refractivity contribution in [1.29, 1.82) is 0 Å². The van der Waals surface area contributed by atoms with Crippen molar-refractivity contribution in [2.45, 2.75) is 51.1 Å². The number of hydrogen-bond donors (Lipinski definition) is 4. The zero-order valence-electron chi connectivity index (χ0n) is 23.1. The second-order valence-corrected chi connectivity index (χ2v) is 11.3. The predicted octanol–water partition coefficient (Wildman–Crippen LogP) is 3.22. The van der Waals surface area contributed by atoms with Crippen LogP contribution in [0.3, 0.4) is 0 Å². The minimum absolute atomic E-state index is 0.0317. The summed E-state index contributed by atoms with van der Waals surface area (Å²) in [4.78, 5) is 41.6. The lowest BCUT2D eigenvalue weighted by Crippen LogP contribution is -2.65. The van der Waals surface area contributed by atoms with Crippen LogP contribution in [0.1, 0.15) is 49.4 Å². The minimum Gasteiger partial charge on any atom is -0.368 e. The Kier molecular flexibility index (Phi) is 6.68. The van der Waals surface area contributed by atoms with Crippen molar-refractivity contribution in [2.24, 2.45) is 5.41 Å². The van der Waals surface area contributed by atoms with Crippen LogP contribution in [-0.2, 0) is 27.2 Å². The molecular weight excluding hydrogens is 528 g/mol. The topological polar surface area (TPSA) is 103 Å². The summed E-state index contributed by atoms with van der Waals surface area (Å²) in [7, 11) is 0. The Balaban J connectivity index is 1.22. The summed E-state index contributed by atoms with van der Waals surface area (Å²) in [5.41, 5.74) is 2.30. The number of allylic oxidation sites excluding steroid dienone is 1. The van der Waals surface area contributed by atoms with Crippen molar-refractivity contribution in [1.82, 2.24) is 20.9 Å². The molecule has 1 aliphatic carbocycles. The lowest BCUT2D eigenvalue weighted by Gasteiger charge is -2.46. The molecule has 1 fully saturated rings. The maximum atomic E-state index is 14.1. The number of benzene rings is 2. The highest BCUT2D eigenvalue weighted by Gasteiger charge is 2.52. The van der Waals surface area contributed by atoms with Crippen LogP contribution in [0.15, 0.2) is 59.9 Å². The van der Waals surface area contributed by atoms with E-state index in [4.69, 9.17) is 0 Å². The minimum atomic E-state index is -0.859. The largest absolute Gasteiger partial charge is 0.368 e. The van der Waals surface area contributed by atoms with Gasteiger partial charge in [0.25, 0.3) is 0 Å². The molecule has 2 atom stereocenters. The van der Waals surface area contributed by atoms with Gasteiger partial charge in [-0.3, -0.25) is 14.4 Å². The normalized spacial score (nSPS) is 24.3. The Morgan fingerprint density at radius 3 is 2.51 bits per heavy atom. The number of piperazine rings is 1. The van der Waals surface area contributed by atoms with E-state index in [9.17, 15) is 23.2 Å². The van der Waals surface area contributed by atoms with E-state index in [-0.39, 0.29) is 30.5 Å². The number of halogens is 2. The highest BCUT2D eigenvalue weighted by molar-refractivity contribution is 5.97. The lowest BCUT2D eigenvalue weighted by molar-refractivity contribution is -0.148. The highest BCUT2D eigenvalue weighted by atomic mass is 19.1. The van der Waals surface area contributed by atoms with Gasteiger partial charge in [0.2, 0.25) is 17.7 Å². The lowest BCUT2D eigenvalue weighted by atomic mass is 9.78. The molecule has 2 aromatic rings. The predicted molar refractivity (Wildman–Crippen MR) is 149 cm³/mol.